The summed E-state index contributed by atoms with van der Waals surface area (Å²) in [6, 6.07) is 0. The van der Waals surface area contributed by atoms with Crippen LogP contribution in [0.15, 0.2) is 0 Å². The molecule has 0 rings (SSSR count). The van der Waals surface area contributed by atoms with Gasteiger partial charge >= 0.3 is 11.7 Å². The van der Waals surface area contributed by atoms with Crippen molar-refractivity contribution in [1.29, 1.82) is 0 Å². The summed E-state index contributed by atoms with van der Waals surface area (Å²) in [5.41, 5.74) is 0. The van der Waals surface area contributed by atoms with Gasteiger partial charge in [-0.2, -0.15) is 0 Å². The maximum absolute atomic E-state index is 10.1. The summed E-state index contributed by atoms with van der Waals surface area (Å²) in [4.78, 5) is 0. The highest BCUT2D eigenvalue weighted by atomic mass is 32.1. The highest BCUT2D eigenvalue weighted by Gasteiger charge is 1.97. The summed E-state index contributed by atoms with van der Waals surface area (Å²) < 4.78 is 10.1. The van der Waals surface area contributed by atoms with Crippen LogP contribution in [0.2, 0.25) is 0 Å². The van der Waals surface area contributed by atoms with E-state index in [-0.39, 0.29) is 0 Å². The third-order valence-corrected chi connectivity index (χ3v) is 3.04. The largest absolute Gasteiger partial charge is 0.458 e. The van der Waals surface area contributed by atoms with Gasteiger partial charge in [-0.1, -0.05) is 58.3 Å². The molecule has 0 fully saturated rings. The van der Waals surface area contributed by atoms with Crippen molar-refractivity contribution in [2.45, 2.75) is 71.1 Å². The van der Waals surface area contributed by atoms with Crippen molar-refractivity contribution in [3.63, 3.8) is 0 Å². The molecule has 0 saturated carbocycles. The van der Waals surface area contributed by atoms with Gasteiger partial charge in [0, 0.05) is 10.6 Å². The fourth-order valence-electron chi connectivity index (χ4n) is 1.65. The summed E-state index contributed by atoms with van der Waals surface area (Å²) in [6.45, 7) is 2.26. The summed E-state index contributed by atoms with van der Waals surface area (Å²) >= 11 is 0.729. The molecule has 0 aliphatic carbocycles. The van der Waals surface area contributed by atoms with E-state index >= 15 is 0 Å². The predicted octanol–water partition coefficient (Wildman–Crippen LogP) is 4.34. The standard InChI is InChI=1S/C12H25OS/c1-2-3-4-5-6-7-8-9-10-11-12-14-13/h2-12H2,1H3/q+1. The normalized spacial score (nSPS) is 10.4. The maximum Gasteiger partial charge on any atom is 0.458 e. The zero-order valence-corrected chi connectivity index (χ0v) is 10.4. The van der Waals surface area contributed by atoms with Crippen molar-refractivity contribution in [2.75, 3.05) is 5.75 Å². The summed E-state index contributed by atoms with van der Waals surface area (Å²) in [7, 11) is 0. The Morgan fingerprint density at radius 3 is 1.57 bits per heavy atom. The molecule has 0 amide bonds. The lowest BCUT2D eigenvalue weighted by Gasteiger charge is -1.99. The molecule has 14 heavy (non-hydrogen) atoms. The Morgan fingerprint density at radius 1 is 0.714 bits per heavy atom. The fraction of sp³-hybridized carbons (Fsp3) is 1.00. The van der Waals surface area contributed by atoms with E-state index in [1.807, 2.05) is 0 Å². The van der Waals surface area contributed by atoms with E-state index in [2.05, 4.69) is 6.92 Å². The first-order chi connectivity index (χ1) is 6.91. The minimum atomic E-state index is 0.729. The van der Waals surface area contributed by atoms with Crippen LogP contribution < -0.4 is 0 Å². The van der Waals surface area contributed by atoms with Gasteiger partial charge in [0.15, 0.2) is 0 Å². The lowest BCUT2D eigenvalue weighted by Crippen LogP contribution is -1.84. The van der Waals surface area contributed by atoms with Crippen LogP contribution in [-0.4, -0.2) is 5.75 Å². The molecule has 0 radical (unpaired) electrons. The predicted molar refractivity (Wildman–Crippen MR) is 64.8 cm³/mol. The maximum atomic E-state index is 10.1. The van der Waals surface area contributed by atoms with Crippen molar-refractivity contribution in [2.24, 2.45) is 0 Å². The van der Waals surface area contributed by atoms with Crippen LogP contribution >= 0.6 is 0 Å². The Kier molecular flexibility index (Phi) is 13.0. The van der Waals surface area contributed by atoms with Crippen LogP contribution in [0.25, 0.3) is 0 Å². The Hall–Kier alpha value is 0.0200. The van der Waals surface area contributed by atoms with Crippen molar-refractivity contribution >= 4 is 11.7 Å². The molecule has 0 saturated heterocycles. The zero-order chi connectivity index (χ0) is 10.5. The molecule has 0 aromatic heterocycles. The third-order valence-electron chi connectivity index (χ3n) is 2.58. The Bertz CT molecular complexity index is 115. The SMILES string of the molecule is CCCCCCCCCCCC[S+]=O. The van der Waals surface area contributed by atoms with Gasteiger partial charge in [0.25, 0.3) is 0 Å². The molecule has 84 valence electrons. The van der Waals surface area contributed by atoms with E-state index in [0.29, 0.717) is 0 Å². The van der Waals surface area contributed by atoms with E-state index < -0.39 is 0 Å². The van der Waals surface area contributed by atoms with Crippen LogP contribution in [0.1, 0.15) is 71.1 Å². The zero-order valence-electron chi connectivity index (χ0n) is 9.59. The van der Waals surface area contributed by atoms with Gasteiger partial charge in [-0.15, -0.1) is 0 Å². The number of rotatable bonds is 11. The van der Waals surface area contributed by atoms with Gasteiger partial charge in [0.1, 0.15) is 0 Å². The minimum Gasteiger partial charge on any atom is -0.0654 e. The highest BCUT2D eigenvalue weighted by molar-refractivity contribution is 7.65. The average molecular weight is 217 g/mol. The van der Waals surface area contributed by atoms with E-state index in [4.69, 9.17) is 0 Å². The molecule has 0 aliphatic heterocycles. The van der Waals surface area contributed by atoms with Gasteiger partial charge in [0.2, 0.25) is 5.75 Å². The summed E-state index contributed by atoms with van der Waals surface area (Å²) in [5, 5.41) is 0. The number of hydrogen-bond donors (Lipinski definition) is 0. The Balaban J connectivity index is 2.81. The van der Waals surface area contributed by atoms with Gasteiger partial charge in [0.05, 0.1) is 0 Å². The van der Waals surface area contributed by atoms with Crippen LogP contribution in [-0.2, 0) is 15.9 Å². The first kappa shape index (κ1) is 14.0. The van der Waals surface area contributed by atoms with Crippen LogP contribution in [0.5, 0.6) is 0 Å². The third kappa shape index (κ3) is 12.0. The lowest BCUT2D eigenvalue weighted by atomic mass is 10.1. The molecule has 0 aromatic rings. The summed E-state index contributed by atoms with van der Waals surface area (Å²) in [6.07, 6.45) is 13.5. The van der Waals surface area contributed by atoms with Crippen LogP contribution in [0, 0.1) is 0 Å². The first-order valence-corrected chi connectivity index (χ1v) is 7.07. The number of unbranched alkanes of at least 4 members (excludes halogenated alkanes) is 9. The minimum absolute atomic E-state index is 0.729. The van der Waals surface area contributed by atoms with Gasteiger partial charge < -0.3 is 0 Å². The first-order valence-electron chi connectivity index (χ1n) is 6.16. The van der Waals surface area contributed by atoms with Gasteiger partial charge in [-0.25, -0.2) is 0 Å². The Morgan fingerprint density at radius 2 is 1.14 bits per heavy atom. The van der Waals surface area contributed by atoms with E-state index in [9.17, 15) is 4.21 Å². The molecule has 0 spiro atoms. The topological polar surface area (TPSA) is 17.1 Å². The Labute approximate surface area is 93.2 Å². The van der Waals surface area contributed by atoms with Crippen molar-refractivity contribution in [3.8, 4) is 0 Å². The monoisotopic (exact) mass is 217 g/mol. The molecular formula is C12H25OS+. The van der Waals surface area contributed by atoms with Crippen LogP contribution in [0.4, 0.5) is 0 Å². The second-order valence-corrected chi connectivity index (χ2v) is 4.65. The van der Waals surface area contributed by atoms with Crippen molar-refractivity contribution in [1.82, 2.24) is 0 Å². The van der Waals surface area contributed by atoms with E-state index in [0.717, 1.165) is 23.8 Å². The second-order valence-electron chi connectivity index (χ2n) is 4.00. The van der Waals surface area contributed by atoms with Gasteiger partial charge in [-0.05, 0) is 6.42 Å². The number of hydrogen-bond acceptors (Lipinski definition) is 1. The second kappa shape index (κ2) is 13.0. The molecule has 0 heterocycles. The van der Waals surface area contributed by atoms with Crippen molar-refractivity contribution < 1.29 is 4.21 Å². The van der Waals surface area contributed by atoms with Crippen molar-refractivity contribution in [3.05, 3.63) is 0 Å². The molecule has 0 atom stereocenters. The molecule has 0 bridgehead atoms. The summed E-state index contributed by atoms with van der Waals surface area (Å²) in [5.74, 6) is 0.802. The molecule has 0 aliphatic rings. The highest BCUT2D eigenvalue weighted by Crippen LogP contribution is 2.10. The molecule has 0 N–H and O–H groups in total. The molecule has 0 unspecified atom stereocenters. The molecule has 2 heteroatoms. The lowest BCUT2D eigenvalue weighted by molar-refractivity contribution is 0.561. The fourth-order valence-corrected chi connectivity index (χ4v) is 1.97. The van der Waals surface area contributed by atoms with E-state index in [1.165, 1.54) is 57.8 Å². The van der Waals surface area contributed by atoms with E-state index in [1.54, 1.807) is 0 Å². The molecule has 0 aromatic carbocycles. The molecular weight excluding hydrogens is 192 g/mol. The average Bonchev–Trinajstić information content (AvgIpc) is 2.21. The smallest absolute Gasteiger partial charge is 0.0654 e. The van der Waals surface area contributed by atoms with Crippen LogP contribution in [0.3, 0.4) is 0 Å². The quantitative estimate of drug-likeness (QED) is 0.372. The molecule has 1 nitrogen and oxygen atoms in total. The van der Waals surface area contributed by atoms with Gasteiger partial charge in [-0.3, -0.25) is 0 Å².